The van der Waals surface area contributed by atoms with E-state index in [0.29, 0.717) is 23.8 Å². The van der Waals surface area contributed by atoms with Crippen LogP contribution in [0.2, 0.25) is 0 Å². The smallest absolute Gasteiger partial charge is 0.344 e. The van der Waals surface area contributed by atoms with Crippen LogP contribution in [0.5, 0.6) is 0 Å². The van der Waals surface area contributed by atoms with Crippen molar-refractivity contribution in [2.45, 2.75) is 104 Å². The molecular weight excluding hydrogens is 516 g/mol. The normalized spacial score (nSPS) is 31.8. The number of fused-ring (bicyclic) bond motifs is 1. The number of nitrogens with zero attached hydrogens (tertiary/aromatic N) is 3. The number of amides is 2. The van der Waals surface area contributed by atoms with Gasteiger partial charge < -0.3 is 24.8 Å². The lowest BCUT2D eigenvalue weighted by molar-refractivity contribution is -0.185. The number of rotatable bonds is 7. The van der Waals surface area contributed by atoms with Crippen LogP contribution in [-0.2, 0) is 28.7 Å². The van der Waals surface area contributed by atoms with Crippen LogP contribution in [0.4, 0.5) is 0 Å². The van der Waals surface area contributed by atoms with Crippen molar-refractivity contribution >= 4 is 23.8 Å². The number of aliphatic hydroxyl groups is 1. The second kappa shape index (κ2) is 12.9. The van der Waals surface area contributed by atoms with E-state index < -0.39 is 35.5 Å². The predicted octanol–water partition coefficient (Wildman–Crippen LogP) is 1.83. The van der Waals surface area contributed by atoms with Crippen LogP contribution >= 0.6 is 0 Å². The average molecular weight is 563 g/mol. The van der Waals surface area contributed by atoms with Gasteiger partial charge in [0.25, 0.3) is 0 Å². The van der Waals surface area contributed by atoms with Crippen LogP contribution in [0.25, 0.3) is 0 Å². The molecular formula is C29H46N4O7. The maximum atomic E-state index is 12.7. The Morgan fingerprint density at radius 3 is 2.10 bits per heavy atom. The number of ether oxygens (including phenoxy) is 2. The van der Waals surface area contributed by atoms with Gasteiger partial charge >= 0.3 is 11.9 Å². The molecule has 4 rings (SSSR count). The molecule has 1 aliphatic carbocycles. The van der Waals surface area contributed by atoms with Gasteiger partial charge in [0, 0.05) is 18.9 Å². The van der Waals surface area contributed by atoms with Crippen LogP contribution in [0.15, 0.2) is 0 Å². The quantitative estimate of drug-likeness (QED) is 0.350. The lowest BCUT2D eigenvalue weighted by Gasteiger charge is -2.38. The van der Waals surface area contributed by atoms with E-state index in [9.17, 15) is 29.5 Å². The topological polar surface area (TPSA) is 149 Å². The van der Waals surface area contributed by atoms with Crippen molar-refractivity contribution in [3.63, 3.8) is 0 Å². The number of nitrogens with one attached hydrogen (secondary N) is 1. The lowest BCUT2D eigenvalue weighted by Crippen LogP contribution is -2.64. The maximum absolute atomic E-state index is 12.7. The van der Waals surface area contributed by atoms with Gasteiger partial charge in [0.15, 0.2) is 0 Å². The maximum Gasteiger partial charge on any atom is 0.344 e. The highest BCUT2D eigenvalue weighted by Gasteiger charge is 2.67. The minimum absolute atomic E-state index is 0.0554. The zero-order valence-electron chi connectivity index (χ0n) is 24.9. The number of esters is 2. The van der Waals surface area contributed by atoms with E-state index in [4.69, 9.17) is 9.47 Å². The van der Waals surface area contributed by atoms with Crippen LogP contribution < -0.4 is 5.32 Å². The number of hydrogen-bond donors (Lipinski definition) is 2. The summed E-state index contributed by atoms with van der Waals surface area (Å²) in [6, 6.07) is 2.45. The summed E-state index contributed by atoms with van der Waals surface area (Å²) >= 11 is 0. The average Bonchev–Trinajstić information content (AvgIpc) is 3.24. The molecule has 3 aliphatic heterocycles. The first-order valence-corrected chi connectivity index (χ1v) is 14.7. The first-order valence-electron chi connectivity index (χ1n) is 14.7. The van der Waals surface area contributed by atoms with Gasteiger partial charge in [0.05, 0.1) is 25.3 Å². The third-order valence-electron chi connectivity index (χ3n) is 8.90. The number of carbonyl (C=O) groups excluding carboxylic acids is 4. The number of nitriles is 1. The predicted molar refractivity (Wildman–Crippen MR) is 145 cm³/mol. The summed E-state index contributed by atoms with van der Waals surface area (Å²) < 4.78 is 10.1. The first kappa shape index (κ1) is 31.8. The molecule has 0 aromatic rings. The Hall–Kier alpha value is -2.71. The van der Waals surface area contributed by atoms with Crippen molar-refractivity contribution < 1.29 is 33.8 Å². The lowest BCUT2D eigenvalue weighted by atomic mass is 9.77. The Bertz CT molecular complexity index is 991. The highest BCUT2D eigenvalue weighted by atomic mass is 16.6. The van der Waals surface area contributed by atoms with Gasteiger partial charge in [-0.25, -0.2) is 9.59 Å². The van der Waals surface area contributed by atoms with E-state index in [2.05, 4.69) is 25.2 Å². The second-order valence-electron chi connectivity index (χ2n) is 12.0. The molecule has 3 saturated heterocycles. The molecule has 7 atom stereocenters. The van der Waals surface area contributed by atoms with Crippen LogP contribution in [0.3, 0.4) is 0 Å². The summed E-state index contributed by atoms with van der Waals surface area (Å²) in [5.74, 6) is -1.24. The minimum atomic E-state index is -1.93. The molecule has 40 heavy (non-hydrogen) atoms. The molecule has 0 radical (unpaired) electrons. The molecule has 11 nitrogen and oxygen atoms in total. The standard InChI is InChI=1S/C15H25NO6.C14H21N3O/c1-6-21-13(19)15(14(20)22-7-2)11(9(3)4)8-12(18)16(15)10(5)17;1-8(2)11-3-4-16-13(11)14(18)17-10(7-15)5-9-6-12(9)17/h9,11-12,18H,6-8H2,1-5H3;8-13,16H,3-6H2,1-2H3/t11-,12?;9-,10+,11-,12?,13+/m11/s1. The molecule has 0 aromatic heterocycles. The number of carbonyl (C=O) groups is 4. The zero-order chi connectivity index (χ0) is 29.9. The molecule has 2 amide bonds. The van der Waals surface area contributed by atoms with Crippen molar-refractivity contribution in [3.05, 3.63) is 0 Å². The fraction of sp³-hybridized carbons (Fsp3) is 0.828. The van der Waals surface area contributed by atoms with Gasteiger partial charge in [0.2, 0.25) is 17.4 Å². The van der Waals surface area contributed by atoms with Crippen molar-refractivity contribution in [3.8, 4) is 6.07 Å². The minimum Gasteiger partial charge on any atom is -0.464 e. The molecule has 4 fully saturated rings. The van der Waals surface area contributed by atoms with E-state index >= 15 is 0 Å². The highest BCUT2D eigenvalue weighted by molar-refractivity contribution is 6.08. The Morgan fingerprint density at radius 1 is 1.02 bits per heavy atom. The van der Waals surface area contributed by atoms with Gasteiger partial charge in [-0.3, -0.25) is 14.5 Å². The third-order valence-corrected chi connectivity index (χ3v) is 8.90. The Morgan fingerprint density at radius 2 is 1.62 bits per heavy atom. The van der Waals surface area contributed by atoms with E-state index in [1.165, 1.54) is 6.92 Å². The van der Waals surface area contributed by atoms with E-state index in [-0.39, 0.29) is 43.5 Å². The molecule has 3 heterocycles. The van der Waals surface area contributed by atoms with E-state index in [0.717, 1.165) is 30.7 Å². The van der Waals surface area contributed by atoms with Gasteiger partial charge in [-0.2, -0.15) is 5.26 Å². The van der Waals surface area contributed by atoms with Gasteiger partial charge in [0.1, 0.15) is 12.3 Å². The number of aliphatic hydroxyl groups excluding tert-OH is 1. The largest absolute Gasteiger partial charge is 0.464 e. The first-order chi connectivity index (χ1) is 18.9. The number of hydrogen-bond acceptors (Lipinski definition) is 9. The van der Waals surface area contributed by atoms with Gasteiger partial charge in [-0.1, -0.05) is 27.7 Å². The number of piperidine rings is 1. The summed E-state index contributed by atoms with van der Waals surface area (Å²) in [7, 11) is 0. The van der Waals surface area contributed by atoms with Crippen molar-refractivity contribution in [2.75, 3.05) is 19.8 Å². The van der Waals surface area contributed by atoms with Gasteiger partial charge in [-0.05, 0) is 69.7 Å². The molecule has 2 unspecified atom stereocenters. The Balaban J connectivity index is 0.000000224. The summed E-state index contributed by atoms with van der Waals surface area (Å²) in [5, 5.41) is 22.8. The monoisotopic (exact) mass is 562 g/mol. The second-order valence-corrected chi connectivity index (χ2v) is 12.0. The van der Waals surface area contributed by atoms with Gasteiger partial charge in [-0.15, -0.1) is 0 Å². The molecule has 11 heteroatoms. The van der Waals surface area contributed by atoms with Crippen molar-refractivity contribution in [1.82, 2.24) is 15.1 Å². The third kappa shape index (κ3) is 5.70. The van der Waals surface area contributed by atoms with Crippen LogP contribution in [0, 0.1) is 40.9 Å². The Kier molecular flexibility index (Phi) is 10.2. The van der Waals surface area contributed by atoms with Crippen LogP contribution in [-0.4, -0.2) is 88.3 Å². The van der Waals surface area contributed by atoms with E-state index in [1.807, 2.05) is 18.7 Å². The van der Waals surface area contributed by atoms with Crippen molar-refractivity contribution in [2.24, 2.45) is 29.6 Å². The number of likely N-dealkylation sites (tertiary alicyclic amines) is 2. The summed E-state index contributed by atoms with van der Waals surface area (Å²) in [6.07, 6.45) is 1.98. The van der Waals surface area contributed by atoms with Crippen LogP contribution in [0.1, 0.15) is 74.1 Å². The van der Waals surface area contributed by atoms with Crippen molar-refractivity contribution in [1.29, 1.82) is 5.26 Å². The highest BCUT2D eigenvalue weighted by Crippen LogP contribution is 2.48. The molecule has 0 aromatic carbocycles. The summed E-state index contributed by atoms with van der Waals surface area (Å²) in [6.45, 7) is 13.5. The SMILES string of the molecule is CC(C)[C@H]1CCN[C@@H]1C(=O)N1C2C[C@H]2C[C@H]1C#N.CCOC(=O)C1(C(=O)OCC)[C@@H](C(C)C)CC(O)N1C(C)=O. The summed E-state index contributed by atoms with van der Waals surface area (Å²) in [4.78, 5) is 52.8. The summed E-state index contributed by atoms with van der Waals surface area (Å²) in [5.41, 5.74) is -1.93. The molecule has 0 spiro atoms. The molecule has 1 saturated carbocycles. The Labute approximate surface area is 237 Å². The zero-order valence-corrected chi connectivity index (χ0v) is 24.9. The molecule has 0 bridgehead atoms. The molecule has 4 aliphatic rings. The fourth-order valence-corrected chi connectivity index (χ4v) is 6.96. The molecule has 2 N–H and O–H groups in total. The van der Waals surface area contributed by atoms with E-state index in [1.54, 1.807) is 13.8 Å². The fourth-order valence-electron chi connectivity index (χ4n) is 6.96. The molecule has 224 valence electrons.